The molecular weight excluding hydrogens is 447 g/mol. The average Bonchev–Trinajstić information content (AvgIpc) is 3.15. The van der Waals surface area contributed by atoms with Gasteiger partial charge in [-0.15, -0.1) is 0 Å². The lowest BCUT2D eigenvalue weighted by Gasteiger charge is -2.10. The summed E-state index contributed by atoms with van der Waals surface area (Å²) < 4.78 is 15.2. The van der Waals surface area contributed by atoms with Gasteiger partial charge in [-0.05, 0) is 30.3 Å². The molecule has 0 saturated heterocycles. The van der Waals surface area contributed by atoms with E-state index in [0.717, 1.165) is 0 Å². The molecule has 29 heavy (non-hydrogen) atoms. The van der Waals surface area contributed by atoms with Crippen LogP contribution < -0.4 is 20.1 Å². The van der Waals surface area contributed by atoms with Crippen molar-refractivity contribution in [2.24, 2.45) is 0 Å². The molecule has 0 saturated carbocycles. The fourth-order valence-electron chi connectivity index (χ4n) is 2.33. The second kappa shape index (κ2) is 9.21. The van der Waals surface area contributed by atoms with E-state index in [4.69, 9.17) is 49.0 Å². The van der Waals surface area contributed by atoms with Crippen molar-refractivity contribution in [2.45, 2.75) is 0 Å². The topological polar surface area (TPSA) is 103 Å². The molecule has 2 aromatic rings. The van der Waals surface area contributed by atoms with Crippen LogP contribution in [-0.4, -0.2) is 37.7 Å². The minimum absolute atomic E-state index is 0.0846. The predicted molar refractivity (Wildman–Crippen MR) is 106 cm³/mol. The summed E-state index contributed by atoms with van der Waals surface area (Å²) in [4.78, 5) is 35.8. The molecule has 3 rings (SSSR count). The van der Waals surface area contributed by atoms with Gasteiger partial charge in [0.05, 0.1) is 15.7 Å². The summed E-state index contributed by atoms with van der Waals surface area (Å²) in [5.74, 6) is -0.997. The molecule has 152 valence electrons. The van der Waals surface area contributed by atoms with E-state index < -0.39 is 30.9 Å². The molecule has 0 aromatic heterocycles. The number of benzene rings is 2. The van der Waals surface area contributed by atoms with E-state index in [1.54, 1.807) is 6.07 Å². The highest BCUT2D eigenvalue weighted by atomic mass is 35.5. The quantitative estimate of drug-likeness (QED) is 0.643. The molecule has 2 amide bonds. The number of anilines is 1. The third kappa shape index (κ3) is 5.44. The molecule has 0 atom stereocenters. The van der Waals surface area contributed by atoms with Gasteiger partial charge in [-0.25, -0.2) is 0 Å². The van der Waals surface area contributed by atoms with Crippen molar-refractivity contribution in [1.29, 1.82) is 0 Å². The number of carbonyl (C=O) groups is 3. The van der Waals surface area contributed by atoms with Gasteiger partial charge >= 0.3 is 5.97 Å². The molecule has 0 radical (unpaired) electrons. The van der Waals surface area contributed by atoms with Crippen molar-refractivity contribution in [3.05, 3.63) is 51.0 Å². The summed E-state index contributed by atoms with van der Waals surface area (Å²) in [6.07, 6.45) is 0. The lowest BCUT2D eigenvalue weighted by atomic mass is 10.2. The molecule has 1 aliphatic rings. The van der Waals surface area contributed by atoms with E-state index in [-0.39, 0.29) is 28.1 Å². The minimum atomic E-state index is -0.803. The Balaban J connectivity index is 1.45. The largest absolute Gasteiger partial charge is 0.454 e. The van der Waals surface area contributed by atoms with Crippen molar-refractivity contribution >= 4 is 58.3 Å². The van der Waals surface area contributed by atoms with Gasteiger partial charge in [0, 0.05) is 10.6 Å². The Morgan fingerprint density at radius 2 is 1.69 bits per heavy atom. The molecule has 2 N–H and O–H groups in total. The molecule has 0 unspecified atom stereocenters. The second-order valence-corrected chi connectivity index (χ2v) is 6.95. The van der Waals surface area contributed by atoms with Crippen molar-refractivity contribution < 1.29 is 28.6 Å². The van der Waals surface area contributed by atoms with Crippen LogP contribution in [0.4, 0.5) is 5.69 Å². The van der Waals surface area contributed by atoms with Crippen LogP contribution in [0.5, 0.6) is 11.5 Å². The number of halogens is 3. The summed E-state index contributed by atoms with van der Waals surface area (Å²) >= 11 is 17.7. The average molecular weight is 460 g/mol. The van der Waals surface area contributed by atoms with Gasteiger partial charge in [0.25, 0.3) is 11.8 Å². The molecule has 1 aliphatic heterocycles. The predicted octanol–water partition coefficient (Wildman–Crippen LogP) is 3.29. The Labute approximate surface area is 180 Å². The monoisotopic (exact) mass is 458 g/mol. The number of rotatable bonds is 6. The Hall–Kier alpha value is -2.68. The number of fused-ring (bicyclic) bond motifs is 1. The van der Waals surface area contributed by atoms with Crippen LogP contribution in [0.1, 0.15) is 10.4 Å². The van der Waals surface area contributed by atoms with Crippen molar-refractivity contribution in [1.82, 2.24) is 5.32 Å². The maximum Gasteiger partial charge on any atom is 0.325 e. The number of hydrogen-bond donors (Lipinski definition) is 2. The molecule has 0 fully saturated rings. The Morgan fingerprint density at radius 1 is 1.00 bits per heavy atom. The van der Waals surface area contributed by atoms with E-state index in [1.807, 2.05) is 0 Å². The zero-order chi connectivity index (χ0) is 21.0. The van der Waals surface area contributed by atoms with Gasteiger partial charge in [0.1, 0.15) is 6.54 Å². The lowest BCUT2D eigenvalue weighted by molar-refractivity contribution is -0.146. The molecule has 8 nitrogen and oxygen atoms in total. The smallest absolute Gasteiger partial charge is 0.325 e. The first-order chi connectivity index (χ1) is 13.8. The number of esters is 1. The third-order valence-corrected chi connectivity index (χ3v) is 4.48. The van der Waals surface area contributed by atoms with Gasteiger partial charge in [-0.3, -0.25) is 14.4 Å². The Bertz CT molecular complexity index is 959. The third-order valence-electron chi connectivity index (χ3n) is 3.66. The standard InChI is InChI=1S/C18H13Cl3N2O6/c19-10-4-11(20)17(12(21)5-10)23-15(24)7-27-16(25)6-22-18(26)9-1-2-13-14(3-9)29-8-28-13/h1-5H,6-8H2,(H,22,26)(H,23,24). The molecule has 0 spiro atoms. The number of nitrogens with one attached hydrogen (secondary N) is 2. The van der Waals surface area contributed by atoms with Gasteiger partial charge in [0.2, 0.25) is 6.79 Å². The highest BCUT2D eigenvalue weighted by Crippen LogP contribution is 2.34. The molecular formula is C18H13Cl3N2O6. The van der Waals surface area contributed by atoms with Crippen LogP contribution in [0.15, 0.2) is 30.3 Å². The summed E-state index contributed by atoms with van der Waals surface area (Å²) in [5, 5.41) is 5.40. The fraction of sp³-hybridized carbons (Fsp3) is 0.167. The summed E-state index contributed by atoms with van der Waals surface area (Å²) in [6, 6.07) is 7.43. The first-order valence-corrected chi connectivity index (χ1v) is 9.25. The minimum Gasteiger partial charge on any atom is -0.454 e. The summed E-state index contributed by atoms with van der Waals surface area (Å²) in [6.45, 7) is -0.932. The van der Waals surface area contributed by atoms with Crippen LogP contribution in [0.2, 0.25) is 15.1 Å². The van der Waals surface area contributed by atoms with E-state index in [9.17, 15) is 14.4 Å². The van der Waals surface area contributed by atoms with Crippen LogP contribution in [-0.2, 0) is 14.3 Å². The van der Waals surface area contributed by atoms with Crippen LogP contribution in [0.3, 0.4) is 0 Å². The first-order valence-electron chi connectivity index (χ1n) is 8.11. The van der Waals surface area contributed by atoms with E-state index in [1.165, 1.54) is 24.3 Å². The molecule has 2 aromatic carbocycles. The van der Waals surface area contributed by atoms with Gasteiger partial charge in [-0.1, -0.05) is 34.8 Å². The first kappa shape index (κ1) is 21.0. The zero-order valence-corrected chi connectivity index (χ0v) is 16.9. The Kier molecular flexibility index (Phi) is 6.68. The van der Waals surface area contributed by atoms with E-state index in [0.29, 0.717) is 16.5 Å². The van der Waals surface area contributed by atoms with Crippen LogP contribution in [0, 0.1) is 0 Å². The number of ether oxygens (including phenoxy) is 3. The summed E-state index contributed by atoms with van der Waals surface area (Å²) in [7, 11) is 0. The second-order valence-electron chi connectivity index (χ2n) is 5.70. The van der Waals surface area contributed by atoms with E-state index in [2.05, 4.69) is 10.6 Å². The number of carbonyl (C=O) groups excluding carboxylic acids is 3. The molecule has 0 aliphatic carbocycles. The van der Waals surface area contributed by atoms with E-state index >= 15 is 0 Å². The number of amides is 2. The van der Waals surface area contributed by atoms with Crippen molar-refractivity contribution in [3.8, 4) is 11.5 Å². The highest BCUT2D eigenvalue weighted by molar-refractivity contribution is 6.42. The lowest BCUT2D eigenvalue weighted by Crippen LogP contribution is -2.32. The van der Waals surface area contributed by atoms with Crippen molar-refractivity contribution in [3.63, 3.8) is 0 Å². The fourth-order valence-corrected chi connectivity index (χ4v) is 3.24. The maximum atomic E-state index is 12.1. The summed E-state index contributed by atoms with van der Waals surface area (Å²) in [5.41, 5.74) is 0.432. The normalized spacial score (nSPS) is 11.7. The SMILES string of the molecule is O=C(COC(=O)CNC(=O)c1ccc2c(c1)OCO2)Nc1c(Cl)cc(Cl)cc1Cl. The Morgan fingerprint density at radius 3 is 2.41 bits per heavy atom. The van der Waals surface area contributed by atoms with Gasteiger partial charge in [0.15, 0.2) is 18.1 Å². The van der Waals surface area contributed by atoms with Crippen LogP contribution >= 0.6 is 34.8 Å². The molecule has 1 heterocycles. The zero-order valence-electron chi connectivity index (χ0n) is 14.6. The number of hydrogen-bond acceptors (Lipinski definition) is 6. The van der Waals surface area contributed by atoms with Crippen molar-refractivity contribution in [2.75, 3.05) is 25.3 Å². The van der Waals surface area contributed by atoms with Gasteiger partial charge < -0.3 is 24.8 Å². The maximum absolute atomic E-state index is 12.1. The molecule has 0 bridgehead atoms. The van der Waals surface area contributed by atoms with Gasteiger partial charge in [-0.2, -0.15) is 0 Å². The molecule has 11 heteroatoms. The highest BCUT2D eigenvalue weighted by Gasteiger charge is 2.17. The van der Waals surface area contributed by atoms with Crippen LogP contribution in [0.25, 0.3) is 0 Å².